The molecule has 5 nitrogen and oxygen atoms in total. The van der Waals surface area contributed by atoms with E-state index < -0.39 is 6.04 Å². The number of hydrogen-bond donors (Lipinski definition) is 1. The monoisotopic (exact) mass is 352 g/mol. The molecule has 1 amide bonds. The van der Waals surface area contributed by atoms with Crippen LogP contribution in [0, 0.1) is 0 Å². The molecule has 6 heteroatoms. The SMILES string of the molecule is CCC1N=C(/N=C(\N)SCc2ccccc2)N(c2ccccc2)C1=O. The molecule has 2 aromatic rings. The van der Waals surface area contributed by atoms with E-state index in [1.54, 1.807) is 4.90 Å². The predicted molar refractivity (Wildman–Crippen MR) is 105 cm³/mol. The van der Waals surface area contributed by atoms with Crippen molar-refractivity contribution in [3.05, 3.63) is 66.2 Å². The van der Waals surface area contributed by atoms with Gasteiger partial charge in [-0.1, -0.05) is 67.2 Å². The van der Waals surface area contributed by atoms with Crippen molar-refractivity contribution in [3.8, 4) is 0 Å². The maximum atomic E-state index is 12.6. The van der Waals surface area contributed by atoms with Crippen molar-refractivity contribution < 1.29 is 4.79 Å². The summed E-state index contributed by atoms with van der Waals surface area (Å²) < 4.78 is 0. The van der Waals surface area contributed by atoms with Gasteiger partial charge < -0.3 is 5.73 Å². The quantitative estimate of drug-likeness (QED) is 0.677. The van der Waals surface area contributed by atoms with Gasteiger partial charge in [-0.2, -0.15) is 4.99 Å². The van der Waals surface area contributed by atoms with Gasteiger partial charge in [0.25, 0.3) is 5.91 Å². The lowest BCUT2D eigenvalue weighted by atomic mass is 10.2. The van der Waals surface area contributed by atoms with E-state index in [1.807, 2.05) is 67.6 Å². The lowest BCUT2D eigenvalue weighted by Crippen LogP contribution is -2.35. The number of amides is 1. The third kappa shape index (κ3) is 4.09. The fourth-order valence-electron chi connectivity index (χ4n) is 2.53. The van der Waals surface area contributed by atoms with E-state index in [-0.39, 0.29) is 5.91 Å². The van der Waals surface area contributed by atoms with Crippen LogP contribution in [0.4, 0.5) is 5.69 Å². The molecule has 0 saturated heterocycles. The van der Waals surface area contributed by atoms with Gasteiger partial charge >= 0.3 is 0 Å². The lowest BCUT2D eigenvalue weighted by Gasteiger charge is -2.16. The third-order valence-electron chi connectivity index (χ3n) is 3.82. The maximum Gasteiger partial charge on any atom is 0.258 e. The fraction of sp³-hybridized carbons (Fsp3) is 0.211. The number of thioether (sulfide) groups is 1. The van der Waals surface area contributed by atoms with Crippen LogP contribution in [0.5, 0.6) is 0 Å². The zero-order valence-electron chi connectivity index (χ0n) is 14.0. The standard InChI is InChI=1S/C19H20N4OS/c1-2-16-17(24)23(15-11-7-4-8-12-15)19(21-16)22-18(20)25-13-14-9-5-3-6-10-14/h3-12,16H,2,13H2,1H3,(H2,20,21,22). The van der Waals surface area contributed by atoms with Crippen molar-refractivity contribution in [1.29, 1.82) is 0 Å². The van der Waals surface area contributed by atoms with Crippen LogP contribution in [-0.2, 0) is 10.5 Å². The van der Waals surface area contributed by atoms with Crippen molar-refractivity contribution in [2.75, 3.05) is 4.90 Å². The van der Waals surface area contributed by atoms with Gasteiger partial charge in [-0.05, 0) is 24.1 Å². The zero-order valence-corrected chi connectivity index (χ0v) is 14.8. The van der Waals surface area contributed by atoms with Gasteiger partial charge in [-0.25, -0.2) is 9.89 Å². The lowest BCUT2D eigenvalue weighted by molar-refractivity contribution is -0.118. The van der Waals surface area contributed by atoms with Crippen molar-refractivity contribution in [2.45, 2.75) is 25.1 Å². The summed E-state index contributed by atoms with van der Waals surface area (Å²) in [5, 5.41) is 0.396. The summed E-state index contributed by atoms with van der Waals surface area (Å²) >= 11 is 1.43. The van der Waals surface area contributed by atoms with E-state index in [2.05, 4.69) is 9.98 Å². The second-order valence-corrected chi connectivity index (χ2v) is 6.58. The zero-order chi connectivity index (χ0) is 17.6. The van der Waals surface area contributed by atoms with Gasteiger partial charge in [0.1, 0.15) is 6.04 Å². The molecule has 1 aliphatic heterocycles. The first-order chi connectivity index (χ1) is 12.2. The number of guanidine groups is 1. The molecule has 1 aliphatic rings. The number of amidine groups is 1. The van der Waals surface area contributed by atoms with Gasteiger partial charge in [-0.3, -0.25) is 4.79 Å². The van der Waals surface area contributed by atoms with Crippen LogP contribution in [0.15, 0.2) is 70.6 Å². The second kappa shape index (κ2) is 7.98. The van der Waals surface area contributed by atoms with E-state index in [0.29, 0.717) is 17.5 Å². The summed E-state index contributed by atoms with van der Waals surface area (Å²) in [7, 11) is 0. The highest BCUT2D eigenvalue weighted by Gasteiger charge is 2.34. The molecule has 1 atom stereocenters. The average molecular weight is 352 g/mol. The van der Waals surface area contributed by atoms with Crippen molar-refractivity contribution >= 4 is 34.5 Å². The molecule has 0 saturated carbocycles. The molecular formula is C19H20N4OS. The van der Waals surface area contributed by atoms with E-state index in [0.717, 1.165) is 11.4 Å². The van der Waals surface area contributed by atoms with Crippen LogP contribution in [0.25, 0.3) is 0 Å². The number of aliphatic imine (C=N–C) groups is 2. The smallest absolute Gasteiger partial charge is 0.258 e. The molecule has 25 heavy (non-hydrogen) atoms. The Kier molecular flexibility index (Phi) is 5.50. The van der Waals surface area contributed by atoms with Crippen molar-refractivity contribution in [2.24, 2.45) is 15.7 Å². The van der Waals surface area contributed by atoms with Gasteiger partial charge in [-0.15, -0.1) is 0 Å². The molecule has 0 aliphatic carbocycles. The molecule has 0 bridgehead atoms. The molecule has 0 fully saturated rings. The van der Waals surface area contributed by atoms with E-state index in [4.69, 9.17) is 5.73 Å². The van der Waals surface area contributed by atoms with Gasteiger partial charge in [0.2, 0.25) is 5.96 Å². The maximum absolute atomic E-state index is 12.6. The van der Waals surface area contributed by atoms with Crippen molar-refractivity contribution in [1.82, 2.24) is 0 Å². The first-order valence-electron chi connectivity index (χ1n) is 8.16. The Labute approximate surface area is 151 Å². The Morgan fingerprint density at radius 2 is 1.80 bits per heavy atom. The van der Waals surface area contributed by atoms with Crippen LogP contribution in [0.3, 0.4) is 0 Å². The summed E-state index contributed by atoms with van der Waals surface area (Å²) in [5.74, 6) is 1.02. The summed E-state index contributed by atoms with van der Waals surface area (Å²) in [4.78, 5) is 23.0. The third-order valence-corrected chi connectivity index (χ3v) is 4.68. The predicted octanol–water partition coefficient (Wildman–Crippen LogP) is 3.42. The number of nitrogens with zero attached hydrogens (tertiary/aromatic N) is 3. The van der Waals surface area contributed by atoms with Crippen LogP contribution < -0.4 is 10.6 Å². The van der Waals surface area contributed by atoms with Crippen LogP contribution in [0.1, 0.15) is 18.9 Å². The van der Waals surface area contributed by atoms with Crippen molar-refractivity contribution in [3.63, 3.8) is 0 Å². The number of benzene rings is 2. The number of carbonyl (C=O) groups excluding carboxylic acids is 1. The number of rotatable bonds is 4. The van der Waals surface area contributed by atoms with Crippen LogP contribution >= 0.6 is 11.8 Å². The van der Waals surface area contributed by atoms with Gasteiger partial charge in [0.05, 0.1) is 5.69 Å². The molecule has 2 aromatic carbocycles. The first kappa shape index (κ1) is 17.2. The molecule has 0 aromatic heterocycles. The Bertz CT molecular complexity index is 790. The Balaban J connectivity index is 1.79. The molecule has 1 unspecified atom stereocenters. The minimum Gasteiger partial charge on any atom is -0.378 e. The number of hydrogen-bond acceptors (Lipinski definition) is 4. The highest BCUT2D eigenvalue weighted by molar-refractivity contribution is 8.13. The molecular weight excluding hydrogens is 332 g/mol. The minimum absolute atomic E-state index is 0.0618. The van der Waals surface area contributed by atoms with E-state index >= 15 is 0 Å². The molecule has 0 spiro atoms. The molecule has 0 radical (unpaired) electrons. The van der Waals surface area contributed by atoms with Crippen LogP contribution in [-0.4, -0.2) is 23.1 Å². The molecule has 1 heterocycles. The summed E-state index contributed by atoms with van der Waals surface area (Å²) in [5.41, 5.74) is 7.99. The topological polar surface area (TPSA) is 71.0 Å². The molecule has 3 rings (SSSR count). The second-order valence-electron chi connectivity index (χ2n) is 5.59. The highest BCUT2D eigenvalue weighted by atomic mass is 32.2. The van der Waals surface area contributed by atoms with Gasteiger partial charge in [0.15, 0.2) is 5.17 Å². The Hall–Kier alpha value is -2.60. The normalized spacial score (nSPS) is 17.7. The summed E-state index contributed by atoms with van der Waals surface area (Å²) in [6, 6.07) is 19.1. The van der Waals surface area contributed by atoms with E-state index in [9.17, 15) is 4.79 Å². The van der Waals surface area contributed by atoms with E-state index in [1.165, 1.54) is 17.3 Å². The molecule has 2 N–H and O–H groups in total. The highest BCUT2D eigenvalue weighted by Crippen LogP contribution is 2.24. The average Bonchev–Trinajstić information content (AvgIpc) is 2.96. The first-order valence-corrected chi connectivity index (χ1v) is 9.15. The summed E-state index contributed by atoms with van der Waals surface area (Å²) in [6.45, 7) is 1.94. The number of anilines is 1. The van der Waals surface area contributed by atoms with Gasteiger partial charge in [0, 0.05) is 5.75 Å². The minimum atomic E-state index is -0.397. The Morgan fingerprint density at radius 1 is 1.16 bits per heavy atom. The molecule has 128 valence electrons. The number of para-hydroxylation sites is 1. The number of nitrogens with two attached hydrogens (primary N) is 1. The Morgan fingerprint density at radius 3 is 2.44 bits per heavy atom. The number of carbonyl (C=O) groups is 1. The van der Waals surface area contributed by atoms with Crippen LogP contribution in [0.2, 0.25) is 0 Å². The largest absolute Gasteiger partial charge is 0.378 e. The fourth-order valence-corrected chi connectivity index (χ4v) is 3.18. The summed E-state index contributed by atoms with van der Waals surface area (Å²) in [6.07, 6.45) is 0.637.